The minimum absolute atomic E-state index is 0.651. The number of fused-ring (bicyclic) bond motifs is 1. The Bertz CT molecular complexity index is 1160. The predicted molar refractivity (Wildman–Crippen MR) is 103 cm³/mol. The molecule has 26 heavy (non-hydrogen) atoms. The zero-order valence-electron chi connectivity index (χ0n) is 15.0. The summed E-state index contributed by atoms with van der Waals surface area (Å²) in [5, 5.41) is 15.0. The van der Waals surface area contributed by atoms with Crippen LogP contribution in [-0.4, -0.2) is 14.8 Å². The lowest BCUT2D eigenvalue weighted by Gasteiger charge is -2.12. The lowest BCUT2D eigenvalue weighted by atomic mass is 9.95. The Morgan fingerprint density at radius 1 is 0.923 bits per heavy atom. The number of pyridine rings is 1. The predicted octanol–water partition coefficient (Wildman–Crippen LogP) is 4.88. The van der Waals surface area contributed by atoms with Gasteiger partial charge in [0, 0.05) is 16.6 Å². The zero-order chi connectivity index (χ0) is 18.3. The minimum atomic E-state index is 0.651. The Hall–Kier alpha value is -3.45. The van der Waals surface area contributed by atoms with Crippen LogP contribution in [0.3, 0.4) is 0 Å². The van der Waals surface area contributed by atoms with E-state index in [9.17, 15) is 5.26 Å². The normalized spacial score (nSPS) is 10.8. The van der Waals surface area contributed by atoms with E-state index in [1.165, 1.54) is 0 Å². The molecule has 0 aliphatic rings. The van der Waals surface area contributed by atoms with E-state index in [0.29, 0.717) is 5.56 Å². The SMILES string of the molecule is Cc1nc2c(c(C)nn2-c2ccccc2)c(C)c1-c1cccc(C#N)c1. The Balaban J connectivity index is 2.02. The van der Waals surface area contributed by atoms with Crippen molar-refractivity contribution < 1.29 is 0 Å². The van der Waals surface area contributed by atoms with Gasteiger partial charge in [-0.1, -0.05) is 30.3 Å². The van der Waals surface area contributed by atoms with E-state index in [4.69, 9.17) is 10.1 Å². The molecule has 0 spiro atoms. The van der Waals surface area contributed by atoms with Crippen molar-refractivity contribution >= 4 is 11.0 Å². The van der Waals surface area contributed by atoms with Crippen molar-refractivity contribution in [2.24, 2.45) is 0 Å². The quantitative estimate of drug-likeness (QED) is 0.523. The Kier molecular flexibility index (Phi) is 3.78. The summed E-state index contributed by atoms with van der Waals surface area (Å²) in [6.07, 6.45) is 0. The Labute approximate surface area is 152 Å². The smallest absolute Gasteiger partial charge is 0.163 e. The van der Waals surface area contributed by atoms with Crippen molar-refractivity contribution in [3.05, 3.63) is 77.1 Å². The van der Waals surface area contributed by atoms with Gasteiger partial charge in [0.05, 0.1) is 23.0 Å². The fraction of sp³-hybridized carbons (Fsp3) is 0.136. The van der Waals surface area contributed by atoms with Gasteiger partial charge in [-0.25, -0.2) is 9.67 Å². The number of hydrogen-bond donors (Lipinski definition) is 0. The van der Waals surface area contributed by atoms with E-state index in [0.717, 1.165) is 44.8 Å². The first-order chi connectivity index (χ1) is 12.6. The van der Waals surface area contributed by atoms with E-state index < -0.39 is 0 Å². The molecule has 4 aromatic rings. The summed E-state index contributed by atoms with van der Waals surface area (Å²) in [4.78, 5) is 4.88. The van der Waals surface area contributed by atoms with Gasteiger partial charge >= 0.3 is 0 Å². The van der Waals surface area contributed by atoms with E-state index in [1.54, 1.807) is 0 Å². The molecule has 0 fully saturated rings. The van der Waals surface area contributed by atoms with Crippen molar-refractivity contribution in [3.8, 4) is 22.9 Å². The van der Waals surface area contributed by atoms with Crippen LogP contribution in [0.2, 0.25) is 0 Å². The molecule has 0 unspecified atom stereocenters. The van der Waals surface area contributed by atoms with E-state index >= 15 is 0 Å². The second-order valence-electron chi connectivity index (χ2n) is 6.42. The van der Waals surface area contributed by atoms with E-state index in [2.05, 4.69) is 13.0 Å². The number of hydrogen-bond acceptors (Lipinski definition) is 3. The van der Waals surface area contributed by atoms with Gasteiger partial charge in [0.1, 0.15) is 0 Å². The molecule has 0 aliphatic carbocycles. The second-order valence-corrected chi connectivity index (χ2v) is 6.42. The molecule has 0 amide bonds. The zero-order valence-corrected chi connectivity index (χ0v) is 15.0. The maximum absolute atomic E-state index is 9.21. The van der Waals surface area contributed by atoms with Crippen molar-refractivity contribution in [3.63, 3.8) is 0 Å². The molecule has 126 valence electrons. The standard InChI is InChI=1S/C22H18N4/c1-14-20(18-9-7-8-17(12-18)13-23)15(2)24-22-21(14)16(3)25-26(22)19-10-5-4-6-11-19/h4-12H,1-3H3. The van der Waals surface area contributed by atoms with Crippen molar-refractivity contribution in [1.29, 1.82) is 5.26 Å². The number of para-hydroxylation sites is 1. The van der Waals surface area contributed by atoms with Crippen LogP contribution in [0.4, 0.5) is 0 Å². The van der Waals surface area contributed by atoms with E-state index in [-0.39, 0.29) is 0 Å². The van der Waals surface area contributed by atoms with Crippen LogP contribution >= 0.6 is 0 Å². The number of benzene rings is 2. The molecular weight excluding hydrogens is 320 g/mol. The first-order valence-electron chi connectivity index (χ1n) is 8.52. The number of nitriles is 1. The first-order valence-corrected chi connectivity index (χ1v) is 8.52. The van der Waals surface area contributed by atoms with Crippen LogP contribution in [0.5, 0.6) is 0 Å². The van der Waals surface area contributed by atoms with Gasteiger partial charge in [-0.15, -0.1) is 0 Å². The minimum Gasteiger partial charge on any atom is -0.233 e. The largest absolute Gasteiger partial charge is 0.233 e. The van der Waals surface area contributed by atoms with Crippen molar-refractivity contribution in [2.45, 2.75) is 20.8 Å². The third-order valence-electron chi connectivity index (χ3n) is 4.70. The fourth-order valence-corrected chi connectivity index (χ4v) is 3.59. The molecule has 4 heteroatoms. The number of aromatic nitrogens is 3. The van der Waals surface area contributed by atoms with Crippen molar-refractivity contribution in [2.75, 3.05) is 0 Å². The molecule has 0 radical (unpaired) electrons. The molecule has 2 heterocycles. The van der Waals surface area contributed by atoms with Gasteiger partial charge in [-0.2, -0.15) is 10.4 Å². The van der Waals surface area contributed by atoms with Gasteiger partial charge in [-0.3, -0.25) is 0 Å². The van der Waals surface area contributed by atoms with Crippen molar-refractivity contribution in [1.82, 2.24) is 14.8 Å². The average molecular weight is 338 g/mol. The highest BCUT2D eigenvalue weighted by Crippen LogP contribution is 2.34. The highest BCUT2D eigenvalue weighted by Gasteiger charge is 2.18. The van der Waals surface area contributed by atoms with Gasteiger partial charge < -0.3 is 0 Å². The molecule has 0 atom stereocenters. The van der Waals surface area contributed by atoms with Gasteiger partial charge in [0.2, 0.25) is 0 Å². The lowest BCUT2D eigenvalue weighted by Crippen LogP contribution is -2.00. The maximum Gasteiger partial charge on any atom is 0.163 e. The molecule has 0 saturated heterocycles. The maximum atomic E-state index is 9.21. The second kappa shape index (κ2) is 6.12. The molecule has 4 nitrogen and oxygen atoms in total. The van der Waals surface area contributed by atoms with Gasteiger partial charge in [-0.05, 0) is 56.2 Å². The molecule has 4 rings (SSSR count). The van der Waals surface area contributed by atoms with Crippen LogP contribution in [0.25, 0.3) is 27.8 Å². The van der Waals surface area contributed by atoms with E-state index in [1.807, 2.05) is 73.1 Å². The summed E-state index contributed by atoms with van der Waals surface area (Å²) in [6.45, 7) is 6.13. The average Bonchev–Trinajstić information content (AvgIpc) is 2.99. The topological polar surface area (TPSA) is 54.5 Å². The molecule has 0 bridgehead atoms. The summed E-state index contributed by atoms with van der Waals surface area (Å²) >= 11 is 0. The summed E-state index contributed by atoms with van der Waals surface area (Å²) in [6, 6.07) is 19.9. The van der Waals surface area contributed by atoms with Crippen LogP contribution in [0.1, 0.15) is 22.5 Å². The lowest BCUT2D eigenvalue weighted by molar-refractivity contribution is 0.875. The van der Waals surface area contributed by atoms with Gasteiger partial charge in [0.15, 0.2) is 5.65 Å². The molecular formula is C22H18N4. The molecule has 0 aliphatic heterocycles. The summed E-state index contributed by atoms with van der Waals surface area (Å²) in [5.41, 5.74) is 7.62. The van der Waals surface area contributed by atoms with Crippen LogP contribution < -0.4 is 0 Å². The Morgan fingerprint density at radius 3 is 2.42 bits per heavy atom. The third-order valence-corrected chi connectivity index (χ3v) is 4.70. The molecule has 2 aromatic heterocycles. The summed E-state index contributed by atoms with van der Waals surface area (Å²) in [5.74, 6) is 0. The summed E-state index contributed by atoms with van der Waals surface area (Å²) in [7, 11) is 0. The number of rotatable bonds is 2. The highest BCUT2D eigenvalue weighted by atomic mass is 15.3. The molecule has 0 saturated carbocycles. The number of nitrogens with zero attached hydrogens (tertiary/aromatic N) is 4. The fourth-order valence-electron chi connectivity index (χ4n) is 3.59. The van der Waals surface area contributed by atoms with Gasteiger partial charge in [0.25, 0.3) is 0 Å². The van der Waals surface area contributed by atoms with Crippen LogP contribution in [0.15, 0.2) is 54.6 Å². The summed E-state index contributed by atoms with van der Waals surface area (Å²) < 4.78 is 1.90. The van der Waals surface area contributed by atoms with Crippen LogP contribution in [-0.2, 0) is 0 Å². The highest BCUT2D eigenvalue weighted by molar-refractivity contribution is 5.90. The third kappa shape index (κ3) is 2.46. The first kappa shape index (κ1) is 16.0. The number of aryl methyl sites for hydroxylation is 3. The molecule has 0 N–H and O–H groups in total. The molecule has 2 aromatic carbocycles. The monoisotopic (exact) mass is 338 g/mol. The van der Waals surface area contributed by atoms with Crippen LogP contribution in [0, 0.1) is 32.1 Å². The Morgan fingerprint density at radius 2 is 1.69 bits per heavy atom.